The van der Waals surface area contributed by atoms with Crippen molar-refractivity contribution in [3.05, 3.63) is 35.1 Å². The zero-order valence-electron chi connectivity index (χ0n) is 8.26. The summed E-state index contributed by atoms with van der Waals surface area (Å²) in [4.78, 5) is 0. The summed E-state index contributed by atoms with van der Waals surface area (Å²) in [5, 5.41) is 0.236. The van der Waals surface area contributed by atoms with Gasteiger partial charge >= 0.3 is 0 Å². The van der Waals surface area contributed by atoms with Crippen LogP contribution in [0.1, 0.15) is 36.3 Å². The van der Waals surface area contributed by atoms with E-state index < -0.39 is 0 Å². The van der Waals surface area contributed by atoms with Gasteiger partial charge in [-0.05, 0) is 37.0 Å². The molecular weight excluding hydrogens is 199 g/mol. The molecule has 0 N–H and O–H groups in total. The lowest BCUT2D eigenvalue weighted by atomic mass is 9.96. The van der Waals surface area contributed by atoms with Crippen molar-refractivity contribution in [2.75, 3.05) is 0 Å². The number of aryl methyl sites for hydroxylation is 1. The molecule has 2 atom stereocenters. The maximum absolute atomic E-state index is 13.0. The quantitative estimate of drug-likeness (QED) is 0.617. The normalized spacial score (nSPS) is 26.8. The highest BCUT2D eigenvalue weighted by molar-refractivity contribution is 6.21. The minimum absolute atomic E-state index is 0.127. The van der Waals surface area contributed by atoms with Gasteiger partial charge in [0.15, 0.2) is 0 Å². The Morgan fingerprint density at radius 3 is 2.71 bits per heavy atom. The minimum Gasteiger partial charge on any atom is -0.207 e. The molecule has 1 aromatic carbocycles. The van der Waals surface area contributed by atoms with Gasteiger partial charge in [-0.2, -0.15) is 0 Å². The van der Waals surface area contributed by atoms with E-state index in [0.717, 1.165) is 18.4 Å². The molecule has 76 valence electrons. The van der Waals surface area contributed by atoms with E-state index in [2.05, 4.69) is 0 Å². The molecular formula is C12H14ClF. The van der Waals surface area contributed by atoms with Crippen LogP contribution >= 0.6 is 11.6 Å². The Hall–Kier alpha value is -0.560. The Morgan fingerprint density at radius 1 is 1.36 bits per heavy atom. The van der Waals surface area contributed by atoms with Gasteiger partial charge < -0.3 is 0 Å². The number of rotatable bonds is 1. The van der Waals surface area contributed by atoms with Gasteiger partial charge in [-0.15, -0.1) is 11.6 Å². The van der Waals surface area contributed by atoms with Gasteiger partial charge in [-0.3, -0.25) is 0 Å². The first kappa shape index (κ1) is 9.97. The van der Waals surface area contributed by atoms with Crippen LogP contribution in [0.3, 0.4) is 0 Å². The summed E-state index contributed by atoms with van der Waals surface area (Å²) in [6.07, 6.45) is 3.41. The molecule has 0 nitrogen and oxygen atoms in total. The van der Waals surface area contributed by atoms with Crippen LogP contribution in [0.25, 0.3) is 0 Å². The van der Waals surface area contributed by atoms with Crippen molar-refractivity contribution in [2.45, 2.75) is 37.5 Å². The summed E-state index contributed by atoms with van der Waals surface area (Å²) in [5.74, 6) is 0.300. The zero-order valence-corrected chi connectivity index (χ0v) is 9.02. The van der Waals surface area contributed by atoms with Crippen molar-refractivity contribution < 1.29 is 4.39 Å². The lowest BCUT2D eigenvalue weighted by Crippen LogP contribution is -2.05. The third-order valence-electron chi connectivity index (χ3n) is 3.04. The fraction of sp³-hybridized carbons (Fsp3) is 0.500. The average Bonchev–Trinajstić information content (AvgIpc) is 2.57. The second kappa shape index (κ2) is 3.90. The first-order valence-corrected chi connectivity index (χ1v) is 5.52. The van der Waals surface area contributed by atoms with Crippen LogP contribution in [0, 0.1) is 12.7 Å². The summed E-state index contributed by atoms with van der Waals surface area (Å²) in [5.41, 5.74) is 1.92. The number of halogens is 2. The van der Waals surface area contributed by atoms with E-state index in [9.17, 15) is 4.39 Å². The molecule has 0 amide bonds. The largest absolute Gasteiger partial charge is 0.207 e. The molecule has 2 rings (SSSR count). The van der Waals surface area contributed by atoms with E-state index >= 15 is 0 Å². The summed E-state index contributed by atoms with van der Waals surface area (Å²) in [6, 6.07) is 5.35. The molecule has 14 heavy (non-hydrogen) atoms. The van der Waals surface area contributed by atoms with E-state index in [0.29, 0.717) is 5.92 Å². The molecule has 1 fully saturated rings. The maximum atomic E-state index is 13.0. The standard InChI is InChI=1S/C12H14ClF/c1-8-7-9(5-6-12(8)14)10-3-2-4-11(10)13/h5-7,10-11H,2-4H2,1H3. The van der Waals surface area contributed by atoms with Crippen LogP contribution in [0.2, 0.25) is 0 Å². The van der Waals surface area contributed by atoms with Crippen LogP contribution in [0.15, 0.2) is 18.2 Å². The Kier molecular flexibility index (Phi) is 2.78. The minimum atomic E-state index is -0.127. The molecule has 0 bridgehead atoms. The SMILES string of the molecule is Cc1cc(C2CCCC2Cl)ccc1F. The molecule has 1 aliphatic rings. The third-order valence-corrected chi connectivity index (χ3v) is 3.56. The Bertz CT molecular complexity index is 335. The zero-order chi connectivity index (χ0) is 10.1. The predicted molar refractivity (Wildman–Crippen MR) is 57.4 cm³/mol. The molecule has 0 spiro atoms. The number of hydrogen-bond acceptors (Lipinski definition) is 0. The molecule has 1 aromatic rings. The van der Waals surface area contributed by atoms with Crippen molar-refractivity contribution in [2.24, 2.45) is 0 Å². The monoisotopic (exact) mass is 212 g/mol. The lowest BCUT2D eigenvalue weighted by molar-refractivity contribution is 0.615. The van der Waals surface area contributed by atoms with Gasteiger partial charge in [0.25, 0.3) is 0 Å². The van der Waals surface area contributed by atoms with Crippen molar-refractivity contribution in [1.29, 1.82) is 0 Å². The Labute approximate surface area is 89.1 Å². The highest BCUT2D eigenvalue weighted by Crippen LogP contribution is 2.38. The second-order valence-corrected chi connectivity index (χ2v) is 4.62. The van der Waals surface area contributed by atoms with Crippen molar-refractivity contribution in [3.63, 3.8) is 0 Å². The predicted octanol–water partition coefficient (Wildman–Crippen LogP) is 4.01. The molecule has 0 radical (unpaired) electrons. The van der Waals surface area contributed by atoms with Gasteiger partial charge in [-0.1, -0.05) is 18.6 Å². The molecule has 0 aromatic heterocycles. The Morgan fingerprint density at radius 2 is 2.14 bits per heavy atom. The van der Waals surface area contributed by atoms with Crippen LogP contribution in [0.5, 0.6) is 0 Å². The van der Waals surface area contributed by atoms with E-state index in [4.69, 9.17) is 11.6 Å². The average molecular weight is 213 g/mol. The number of alkyl halides is 1. The molecule has 1 saturated carbocycles. The van der Waals surface area contributed by atoms with Crippen LogP contribution in [-0.4, -0.2) is 5.38 Å². The van der Waals surface area contributed by atoms with E-state index in [1.54, 1.807) is 13.0 Å². The second-order valence-electron chi connectivity index (χ2n) is 4.06. The fourth-order valence-electron chi connectivity index (χ4n) is 2.19. The molecule has 2 unspecified atom stereocenters. The smallest absolute Gasteiger partial charge is 0.126 e. The third kappa shape index (κ3) is 1.78. The van der Waals surface area contributed by atoms with Gasteiger partial charge in [0, 0.05) is 11.3 Å². The Balaban J connectivity index is 2.28. The summed E-state index contributed by atoms with van der Waals surface area (Å²) in [7, 11) is 0. The highest BCUT2D eigenvalue weighted by atomic mass is 35.5. The lowest BCUT2D eigenvalue weighted by Gasteiger charge is -2.14. The van der Waals surface area contributed by atoms with E-state index in [-0.39, 0.29) is 11.2 Å². The van der Waals surface area contributed by atoms with E-state index in [1.165, 1.54) is 12.0 Å². The summed E-state index contributed by atoms with van der Waals surface area (Å²) >= 11 is 6.21. The van der Waals surface area contributed by atoms with Crippen molar-refractivity contribution in [1.82, 2.24) is 0 Å². The fourth-order valence-corrected chi connectivity index (χ4v) is 2.61. The first-order chi connectivity index (χ1) is 6.68. The van der Waals surface area contributed by atoms with Crippen LogP contribution in [-0.2, 0) is 0 Å². The highest BCUT2D eigenvalue weighted by Gasteiger charge is 2.26. The van der Waals surface area contributed by atoms with Gasteiger partial charge in [-0.25, -0.2) is 4.39 Å². The van der Waals surface area contributed by atoms with Crippen molar-refractivity contribution >= 4 is 11.6 Å². The molecule has 2 heteroatoms. The molecule has 1 aliphatic carbocycles. The van der Waals surface area contributed by atoms with Gasteiger partial charge in [0.05, 0.1) is 0 Å². The van der Waals surface area contributed by atoms with E-state index in [1.807, 2.05) is 12.1 Å². The molecule has 0 heterocycles. The van der Waals surface area contributed by atoms with Gasteiger partial charge in [0.1, 0.15) is 5.82 Å². The molecule has 0 aliphatic heterocycles. The summed E-state index contributed by atoms with van der Waals surface area (Å²) < 4.78 is 13.0. The molecule has 0 saturated heterocycles. The van der Waals surface area contributed by atoms with Gasteiger partial charge in [0.2, 0.25) is 0 Å². The van der Waals surface area contributed by atoms with Crippen molar-refractivity contribution in [3.8, 4) is 0 Å². The van der Waals surface area contributed by atoms with Crippen LogP contribution in [0.4, 0.5) is 4.39 Å². The summed E-state index contributed by atoms with van der Waals surface area (Å²) in [6.45, 7) is 1.80. The van der Waals surface area contributed by atoms with Crippen LogP contribution < -0.4 is 0 Å². The topological polar surface area (TPSA) is 0 Å². The first-order valence-electron chi connectivity index (χ1n) is 5.08. The number of benzene rings is 1. The maximum Gasteiger partial charge on any atom is 0.126 e. The number of hydrogen-bond donors (Lipinski definition) is 0.